The summed E-state index contributed by atoms with van der Waals surface area (Å²) in [6.45, 7) is 0. The van der Waals surface area contributed by atoms with E-state index >= 15 is 0 Å². The van der Waals surface area contributed by atoms with E-state index in [1.165, 1.54) is 4.90 Å². The molecular weight excluding hydrogens is 501 g/mol. The first kappa shape index (κ1) is 25.4. The van der Waals surface area contributed by atoms with Crippen molar-refractivity contribution in [3.8, 4) is 0 Å². The minimum atomic E-state index is -1.22. The van der Waals surface area contributed by atoms with Crippen molar-refractivity contribution in [3.05, 3.63) is 99.0 Å². The molecule has 0 fully saturated rings. The van der Waals surface area contributed by atoms with Gasteiger partial charge in [-0.2, -0.15) is 0 Å². The van der Waals surface area contributed by atoms with Crippen LogP contribution in [0.5, 0.6) is 0 Å². The van der Waals surface area contributed by atoms with Gasteiger partial charge >= 0.3 is 0 Å². The Morgan fingerprint density at radius 3 is 2.42 bits per heavy atom. The maximum atomic E-state index is 13.3. The van der Waals surface area contributed by atoms with Gasteiger partial charge in [-0.1, -0.05) is 59.6 Å². The molecule has 0 saturated carbocycles. The summed E-state index contributed by atoms with van der Waals surface area (Å²) in [7, 11) is 1.62. The molecule has 3 aromatic rings. The van der Waals surface area contributed by atoms with Crippen LogP contribution in [0.4, 0.5) is 5.69 Å². The van der Waals surface area contributed by atoms with Gasteiger partial charge in [-0.05, 0) is 42.3 Å². The fourth-order valence-corrected chi connectivity index (χ4v) is 4.21. The molecule has 8 nitrogen and oxygen atoms in total. The first-order chi connectivity index (χ1) is 17.2. The van der Waals surface area contributed by atoms with E-state index in [0.29, 0.717) is 38.1 Å². The molecule has 1 heterocycles. The molecule has 0 aliphatic carbocycles. The molecule has 36 heavy (non-hydrogen) atoms. The highest BCUT2D eigenvalue weighted by Crippen LogP contribution is 2.27. The van der Waals surface area contributed by atoms with Crippen LogP contribution >= 0.6 is 23.2 Å². The fraction of sp³-hybridized carbons (Fsp3) is 0.154. The van der Waals surface area contributed by atoms with Crippen LogP contribution in [0.1, 0.15) is 27.0 Å². The zero-order valence-corrected chi connectivity index (χ0v) is 20.8. The monoisotopic (exact) mass is 523 g/mol. The van der Waals surface area contributed by atoms with Crippen molar-refractivity contribution in [3.63, 3.8) is 0 Å². The third-order valence-electron chi connectivity index (χ3n) is 5.84. The van der Waals surface area contributed by atoms with Gasteiger partial charge in [-0.25, -0.2) is 4.99 Å². The molecular formula is C26H23Cl2N5O3. The Balaban J connectivity index is 1.65. The summed E-state index contributed by atoms with van der Waals surface area (Å²) in [6, 6.07) is 17.9. The van der Waals surface area contributed by atoms with Gasteiger partial charge in [0, 0.05) is 23.7 Å². The van der Waals surface area contributed by atoms with E-state index in [2.05, 4.69) is 10.3 Å². The molecule has 1 aliphatic rings. The quantitative estimate of drug-likeness (QED) is 0.458. The molecule has 1 unspecified atom stereocenters. The second-order valence-corrected chi connectivity index (χ2v) is 9.12. The van der Waals surface area contributed by atoms with E-state index in [-0.39, 0.29) is 6.42 Å². The summed E-state index contributed by atoms with van der Waals surface area (Å²) in [4.78, 5) is 43.9. The summed E-state index contributed by atoms with van der Waals surface area (Å²) >= 11 is 12.0. The number of nitrogens with one attached hydrogen (secondary N) is 1. The molecule has 184 valence electrons. The lowest BCUT2D eigenvalue weighted by molar-refractivity contribution is -0.128. The first-order valence-electron chi connectivity index (χ1n) is 11.0. The number of likely N-dealkylation sites (N-methyl/N-ethyl adjacent to an activating group) is 1. The molecule has 0 spiro atoms. The van der Waals surface area contributed by atoms with Gasteiger partial charge in [0.25, 0.3) is 5.91 Å². The van der Waals surface area contributed by atoms with Crippen LogP contribution in [-0.2, 0) is 16.0 Å². The van der Waals surface area contributed by atoms with Crippen molar-refractivity contribution < 1.29 is 14.4 Å². The fourth-order valence-electron chi connectivity index (χ4n) is 3.89. The number of para-hydroxylation sites is 1. The average molecular weight is 524 g/mol. The Morgan fingerprint density at radius 2 is 1.75 bits per heavy atom. The lowest BCUT2D eigenvalue weighted by atomic mass is 9.99. The van der Waals surface area contributed by atoms with Crippen molar-refractivity contribution in [1.29, 1.82) is 0 Å². The minimum Gasteiger partial charge on any atom is -0.366 e. The predicted octanol–water partition coefficient (Wildman–Crippen LogP) is 2.92. The Hall–Kier alpha value is -3.72. The number of amides is 3. The number of benzodiazepines with no additional fused rings is 1. The van der Waals surface area contributed by atoms with Gasteiger partial charge in [-0.3, -0.25) is 14.4 Å². The van der Waals surface area contributed by atoms with Crippen LogP contribution in [0.15, 0.2) is 71.7 Å². The highest BCUT2D eigenvalue weighted by atomic mass is 35.5. The molecule has 10 heteroatoms. The van der Waals surface area contributed by atoms with Crippen LogP contribution in [0.25, 0.3) is 0 Å². The highest BCUT2D eigenvalue weighted by molar-refractivity contribution is 6.42. The molecule has 4 rings (SSSR count). The van der Waals surface area contributed by atoms with Crippen molar-refractivity contribution >= 4 is 52.3 Å². The Labute approximate surface area is 217 Å². The van der Waals surface area contributed by atoms with Crippen LogP contribution in [0.3, 0.4) is 0 Å². The highest BCUT2D eigenvalue weighted by Gasteiger charge is 2.32. The number of anilines is 1. The van der Waals surface area contributed by atoms with E-state index < -0.39 is 29.9 Å². The number of aliphatic imine (C=N–C) groups is 1. The zero-order chi connectivity index (χ0) is 26.0. The van der Waals surface area contributed by atoms with Crippen LogP contribution in [0, 0.1) is 0 Å². The molecule has 2 atom stereocenters. The van der Waals surface area contributed by atoms with Crippen LogP contribution in [-0.4, -0.2) is 42.7 Å². The zero-order valence-electron chi connectivity index (χ0n) is 19.2. The number of hydrogen-bond acceptors (Lipinski definition) is 5. The average Bonchev–Trinajstić information content (AvgIpc) is 2.97. The van der Waals surface area contributed by atoms with Crippen molar-refractivity contribution in [2.45, 2.75) is 18.6 Å². The number of nitrogens with two attached hydrogens (primary N) is 2. The number of rotatable bonds is 6. The second-order valence-electron chi connectivity index (χ2n) is 8.30. The van der Waals surface area contributed by atoms with Gasteiger partial charge in [0.15, 0.2) is 0 Å². The summed E-state index contributed by atoms with van der Waals surface area (Å²) < 4.78 is 0. The van der Waals surface area contributed by atoms with E-state index in [1.54, 1.807) is 55.6 Å². The van der Waals surface area contributed by atoms with Crippen LogP contribution < -0.4 is 21.7 Å². The number of carbonyl (C=O) groups is 3. The summed E-state index contributed by atoms with van der Waals surface area (Å²) in [6.07, 6.45) is -1.04. The van der Waals surface area contributed by atoms with Crippen LogP contribution in [0.2, 0.25) is 10.0 Å². The van der Waals surface area contributed by atoms with Gasteiger partial charge in [0.2, 0.25) is 18.0 Å². The van der Waals surface area contributed by atoms with Gasteiger partial charge in [0.05, 0.1) is 27.5 Å². The number of fused-ring (bicyclic) bond motifs is 1. The lowest BCUT2D eigenvalue weighted by Gasteiger charge is -2.22. The van der Waals surface area contributed by atoms with E-state index in [4.69, 9.17) is 34.7 Å². The third kappa shape index (κ3) is 5.26. The van der Waals surface area contributed by atoms with Crippen molar-refractivity contribution in [2.24, 2.45) is 16.5 Å². The normalized spacial score (nSPS) is 16.0. The van der Waals surface area contributed by atoms with E-state index in [9.17, 15) is 14.4 Å². The summed E-state index contributed by atoms with van der Waals surface area (Å²) in [5, 5.41) is 3.43. The van der Waals surface area contributed by atoms with Crippen molar-refractivity contribution in [1.82, 2.24) is 5.32 Å². The van der Waals surface area contributed by atoms with Crippen molar-refractivity contribution in [2.75, 3.05) is 11.9 Å². The number of primary amides is 1. The minimum absolute atomic E-state index is 0.185. The molecule has 3 amide bonds. The Bertz CT molecular complexity index is 1370. The lowest BCUT2D eigenvalue weighted by Crippen LogP contribution is -2.51. The largest absolute Gasteiger partial charge is 0.366 e. The molecule has 3 aromatic carbocycles. The maximum absolute atomic E-state index is 13.3. The SMILES string of the molecule is CN1C(=O)C(NC(=O)[C@@H](N)Cc2ccc(Cl)c(Cl)c2)N=C(c2ccc(C(N)=O)cc2)c2ccccc21. The molecule has 0 radical (unpaired) electrons. The Kier molecular flexibility index (Phi) is 7.40. The predicted molar refractivity (Wildman–Crippen MR) is 141 cm³/mol. The first-order valence-corrected chi connectivity index (χ1v) is 11.8. The van der Waals surface area contributed by atoms with Gasteiger partial charge in [0.1, 0.15) is 0 Å². The number of nitrogens with zero attached hydrogens (tertiary/aromatic N) is 2. The third-order valence-corrected chi connectivity index (χ3v) is 6.58. The van der Waals surface area contributed by atoms with E-state index in [0.717, 1.165) is 5.56 Å². The molecule has 0 aromatic heterocycles. The van der Waals surface area contributed by atoms with Gasteiger partial charge in [-0.15, -0.1) is 0 Å². The summed E-state index contributed by atoms with van der Waals surface area (Å²) in [5.74, 6) is -1.53. The Morgan fingerprint density at radius 1 is 1.06 bits per heavy atom. The number of carbonyl (C=O) groups excluding carboxylic acids is 3. The number of halogens is 2. The topological polar surface area (TPSA) is 131 Å². The summed E-state index contributed by atoms with van der Waals surface area (Å²) in [5.41, 5.74) is 15.0. The second kappa shape index (κ2) is 10.5. The van der Waals surface area contributed by atoms with E-state index in [1.807, 2.05) is 18.2 Å². The standard InChI is InChI=1S/C26H23Cl2N5O3/c1-33-21-5-3-2-4-17(21)22(15-7-9-16(10-8-15)23(30)34)31-24(26(33)36)32-25(35)20(29)13-14-6-11-18(27)19(28)12-14/h2-12,20,24H,13,29H2,1H3,(H2,30,34)(H,32,35)/t20-,24?/m0/s1. The smallest absolute Gasteiger partial charge is 0.272 e. The number of benzene rings is 3. The molecule has 1 aliphatic heterocycles. The molecule has 0 saturated heterocycles. The number of hydrogen-bond donors (Lipinski definition) is 3. The maximum Gasteiger partial charge on any atom is 0.272 e. The molecule has 5 N–H and O–H groups in total. The van der Waals surface area contributed by atoms with Gasteiger partial charge < -0.3 is 21.7 Å². The molecule has 0 bridgehead atoms.